The Balaban J connectivity index is 2.04. The Morgan fingerprint density at radius 2 is 1.87 bits per heavy atom. The van der Waals surface area contributed by atoms with Crippen LogP contribution in [0.5, 0.6) is 11.5 Å². The summed E-state index contributed by atoms with van der Waals surface area (Å²) in [7, 11) is 2.66. The summed E-state index contributed by atoms with van der Waals surface area (Å²) in [5.74, 6) is 0.0901. The highest BCUT2D eigenvalue weighted by molar-refractivity contribution is 5.94. The number of carbonyl (C=O) groups is 2. The second-order valence-electron chi connectivity index (χ2n) is 4.94. The fraction of sp³-hybridized carbons (Fsp3) is 0.176. The molecule has 6 nitrogen and oxygen atoms in total. The van der Waals surface area contributed by atoms with Crippen molar-refractivity contribution in [3.63, 3.8) is 0 Å². The van der Waals surface area contributed by atoms with Gasteiger partial charge in [0.15, 0.2) is 5.75 Å². The van der Waals surface area contributed by atoms with Crippen LogP contribution in [0.2, 0.25) is 0 Å². The van der Waals surface area contributed by atoms with Crippen molar-refractivity contribution >= 4 is 17.6 Å². The summed E-state index contributed by atoms with van der Waals surface area (Å²) >= 11 is 0. The molecule has 0 aromatic heterocycles. The molecule has 1 aliphatic heterocycles. The van der Waals surface area contributed by atoms with Gasteiger partial charge in [0.2, 0.25) is 0 Å². The molecule has 0 aliphatic carbocycles. The van der Waals surface area contributed by atoms with E-state index in [2.05, 4.69) is 5.32 Å². The number of hydrogen-bond donors (Lipinski definition) is 1. The van der Waals surface area contributed by atoms with Gasteiger partial charge in [0.05, 0.1) is 25.5 Å². The first-order valence-corrected chi connectivity index (χ1v) is 6.98. The summed E-state index contributed by atoms with van der Waals surface area (Å²) in [6.07, 6.45) is 0. The molecule has 0 saturated heterocycles. The number of para-hydroxylation sites is 1. The summed E-state index contributed by atoms with van der Waals surface area (Å²) in [5, 5.41) is 3.20. The number of benzene rings is 2. The van der Waals surface area contributed by atoms with E-state index in [4.69, 9.17) is 14.2 Å². The van der Waals surface area contributed by atoms with Gasteiger partial charge in [0.1, 0.15) is 11.3 Å². The third kappa shape index (κ3) is 2.70. The molecule has 0 amide bonds. The van der Waals surface area contributed by atoms with Crippen LogP contribution in [0.25, 0.3) is 0 Å². The highest BCUT2D eigenvalue weighted by Gasteiger charge is 2.22. The van der Waals surface area contributed by atoms with E-state index in [1.54, 1.807) is 30.3 Å². The zero-order chi connectivity index (χ0) is 16.4. The van der Waals surface area contributed by atoms with Crippen LogP contribution in [0.1, 0.15) is 26.3 Å². The largest absolute Gasteiger partial charge is 0.465 e. The molecule has 1 heterocycles. The number of esters is 2. The molecule has 0 radical (unpaired) electrons. The lowest BCUT2D eigenvalue weighted by atomic mass is 10.1. The number of fused-ring (bicyclic) bond motifs is 2. The smallest absolute Gasteiger partial charge is 0.341 e. The molecule has 118 valence electrons. The van der Waals surface area contributed by atoms with Gasteiger partial charge in [-0.1, -0.05) is 12.1 Å². The van der Waals surface area contributed by atoms with Crippen LogP contribution in [-0.2, 0) is 16.0 Å². The second kappa shape index (κ2) is 6.00. The van der Waals surface area contributed by atoms with E-state index in [0.717, 1.165) is 5.56 Å². The van der Waals surface area contributed by atoms with Crippen molar-refractivity contribution in [3.05, 3.63) is 53.1 Å². The number of nitrogens with one attached hydrogen (secondary N) is 1. The van der Waals surface area contributed by atoms with E-state index in [-0.39, 0.29) is 0 Å². The van der Waals surface area contributed by atoms with Gasteiger partial charge in [-0.2, -0.15) is 0 Å². The Labute approximate surface area is 133 Å². The normalized spacial score (nSPS) is 11.9. The molecule has 23 heavy (non-hydrogen) atoms. The minimum absolute atomic E-state index is 0.358. The lowest BCUT2D eigenvalue weighted by molar-refractivity contribution is 0.0590. The molecule has 1 N–H and O–H groups in total. The fourth-order valence-corrected chi connectivity index (χ4v) is 2.42. The predicted octanol–water partition coefficient (Wildman–Crippen LogP) is 2.98. The lowest BCUT2D eigenvalue weighted by Crippen LogP contribution is -2.05. The molecule has 2 aromatic carbocycles. The number of methoxy groups -OCH3 is 2. The van der Waals surface area contributed by atoms with Crippen LogP contribution in [0.3, 0.4) is 0 Å². The minimum atomic E-state index is -0.462. The van der Waals surface area contributed by atoms with Crippen LogP contribution in [0.4, 0.5) is 5.69 Å². The highest BCUT2D eigenvalue weighted by Crippen LogP contribution is 2.38. The van der Waals surface area contributed by atoms with Crippen molar-refractivity contribution in [2.24, 2.45) is 0 Å². The third-order valence-electron chi connectivity index (χ3n) is 3.58. The molecule has 0 fully saturated rings. The van der Waals surface area contributed by atoms with Crippen LogP contribution in [-0.4, -0.2) is 26.2 Å². The lowest BCUT2D eigenvalue weighted by Gasteiger charge is -2.12. The second-order valence-corrected chi connectivity index (χ2v) is 4.94. The third-order valence-corrected chi connectivity index (χ3v) is 3.58. The maximum atomic E-state index is 11.9. The molecule has 0 spiro atoms. The Morgan fingerprint density at radius 1 is 1.09 bits per heavy atom. The Bertz CT molecular complexity index is 785. The summed E-state index contributed by atoms with van der Waals surface area (Å²) in [6, 6.07) is 10.2. The standard InChI is InChI=1S/C17H15NO5/c1-21-16(19)10-6-7-14-13(8-10)18-9-11-4-3-5-12(15(11)23-14)17(20)22-2/h3-8,18H,9H2,1-2H3. The molecule has 0 atom stereocenters. The number of anilines is 1. The molecule has 0 bridgehead atoms. The summed E-state index contributed by atoms with van der Waals surface area (Å²) < 4.78 is 15.4. The zero-order valence-corrected chi connectivity index (χ0v) is 12.7. The van der Waals surface area contributed by atoms with E-state index < -0.39 is 11.9 Å². The van der Waals surface area contributed by atoms with Crippen molar-refractivity contribution in [1.29, 1.82) is 0 Å². The monoisotopic (exact) mass is 313 g/mol. The SMILES string of the molecule is COC(=O)c1ccc2c(c1)NCc1cccc(C(=O)OC)c1O2. The van der Waals surface area contributed by atoms with Gasteiger partial charge >= 0.3 is 11.9 Å². The summed E-state index contributed by atoms with van der Waals surface area (Å²) in [4.78, 5) is 23.5. The zero-order valence-electron chi connectivity index (χ0n) is 12.7. The van der Waals surface area contributed by atoms with E-state index in [1.165, 1.54) is 14.2 Å². The number of rotatable bonds is 2. The molecular weight excluding hydrogens is 298 g/mol. The van der Waals surface area contributed by atoms with E-state index in [1.807, 2.05) is 6.07 Å². The molecule has 6 heteroatoms. The number of ether oxygens (including phenoxy) is 3. The Kier molecular flexibility index (Phi) is 3.89. The molecule has 0 saturated carbocycles. The molecule has 1 aliphatic rings. The average molecular weight is 313 g/mol. The first kappa shape index (κ1) is 14.9. The highest BCUT2D eigenvalue weighted by atomic mass is 16.5. The fourth-order valence-electron chi connectivity index (χ4n) is 2.42. The van der Waals surface area contributed by atoms with Crippen molar-refractivity contribution in [2.75, 3.05) is 19.5 Å². The van der Waals surface area contributed by atoms with Gasteiger partial charge in [0, 0.05) is 12.1 Å². The van der Waals surface area contributed by atoms with Gasteiger partial charge in [0.25, 0.3) is 0 Å². The molecular formula is C17H15NO5. The van der Waals surface area contributed by atoms with Crippen LogP contribution < -0.4 is 10.1 Å². The minimum Gasteiger partial charge on any atom is -0.465 e. The van der Waals surface area contributed by atoms with Gasteiger partial charge in [-0.05, 0) is 24.3 Å². The summed E-state index contributed by atoms with van der Waals surface area (Å²) in [6.45, 7) is 0.456. The van der Waals surface area contributed by atoms with E-state index in [9.17, 15) is 9.59 Å². The number of hydrogen-bond acceptors (Lipinski definition) is 6. The van der Waals surface area contributed by atoms with E-state index in [0.29, 0.717) is 34.9 Å². The average Bonchev–Trinajstić information content (AvgIpc) is 2.78. The Morgan fingerprint density at radius 3 is 2.61 bits per heavy atom. The first-order valence-electron chi connectivity index (χ1n) is 6.98. The summed E-state index contributed by atoms with van der Waals surface area (Å²) in [5.41, 5.74) is 2.25. The van der Waals surface area contributed by atoms with Crippen molar-refractivity contribution in [3.8, 4) is 11.5 Å². The van der Waals surface area contributed by atoms with Crippen molar-refractivity contribution < 1.29 is 23.8 Å². The topological polar surface area (TPSA) is 73.9 Å². The van der Waals surface area contributed by atoms with Gasteiger partial charge in [-0.3, -0.25) is 0 Å². The van der Waals surface area contributed by atoms with Crippen LogP contribution in [0, 0.1) is 0 Å². The van der Waals surface area contributed by atoms with Crippen LogP contribution in [0.15, 0.2) is 36.4 Å². The van der Waals surface area contributed by atoms with Gasteiger partial charge in [-0.25, -0.2) is 9.59 Å². The van der Waals surface area contributed by atoms with Crippen molar-refractivity contribution in [1.82, 2.24) is 0 Å². The maximum Gasteiger partial charge on any atom is 0.341 e. The maximum absolute atomic E-state index is 11.9. The first-order chi connectivity index (χ1) is 11.1. The van der Waals surface area contributed by atoms with E-state index >= 15 is 0 Å². The van der Waals surface area contributed by atoms with Gasteiger partial charge in [-0.15, -0.1) is 0 Å². The molecule has 3 rings (SSSR count). The predicted molar refractivity (Wildman–Crippen MR) is 83.0 cm³/mol. The number of carbonyl (C=O) groups excluding carboxylic acids is 2. The van der Waals surface area contributed by atoms with Crippen molar-refractivity contribution in [2.45, 2.75) is 6.54 Å². The quantitative estimate of drug-likeness (QED) is 0.859. The Hall–Kier alpha value is -3.02. The van der Waals surface area contributed by atoms with Crippen LogP contribution >= 0.6 is 0 Å². The van der Waals surface area contributed by atoms with Gasteiger partial charge < -0.3 is 19.5 Å². The molecule has 0 unspecified atom stereocenters. The molecule has 2 aromatic rings.